The second-order valence-corrected chi connectivity index (χ2v) is 8.43. The highest BCUT2D eigenvalue weighted by molar-refractivity contribution is 5.89. The van der Waals surface area contributed by atoms with Gasteiger partial charge >= 0.3 is 11.7 Å². The van der Waals surface area contributed by atoms with E-state index < -0.39 is 29.7 Å². The first-order valence-electron chi connectivity index (χ1n) is 11.4. The Labute approximate surface area is 195 Å². The number of carbonyl (C=O) groups is 3. The summed E-state index contributed by atoms with van der Waals surface area (Å²) in [5.74, 6) is -0.924. The second-order valence-electron chi connectivity index (χ2n) is 8.43. The van der Waals surface area contributed by atoms with E-state index in [0.29, 0.717) is 31.9 Å². The van der Waals surface area contributed by atoms with E-state index in [2.05, 4.69) is 10.3 Å². The number of fused-ring (bicyclic) bond motifs is 1. The summed E-state index contributed by atoms with van der Waals surface area (Å²) in [6.07, 6.45) is 3.44. The molecule has 1 aliphatic carbocycles. The highest BCUT2D eigenvalue weighted by Crippen LogP contribution is 2.32. The molecule has 0 aromatic carbocycles. The van der Waals surface area contributed by atoms with Crippen molar-refractivity contribution in [3.05, 3.63) is 33.1 Å². The van der Waals surface area contributed by atoms with Crippen molar-refractivity contribution in [3.63, 3.8) is 0 Å². The van der Waals surface area contributed by atoms with Crippen LogP contribution in [-0.4, -0.2) is 76.1 Å². The molecule has 1 saturated heterocycles. The van der Waals surface area contributed by atoms with Gasteiger partial charge in [0, 0.05) is 45.3 Å². The third kappa shape index (κ3) is 4.66. The van der Waals surface area contributed by atoms with Gasteiger partial charge in [-0.25, -0.2) is 9.78 Å². The number of pyridine rings is 1. The lowest BCUT2D eigenvalue weighted by atomic mass is 10.2. The molecule has 0 bridgehead atoms. The SMILES string of the molecule is CCOC(=O)CNC(=O)Cn1c(=O)c2c(N3CCN(C(=O)C4CC4)CC3)ccnc2n(C)c1=O. The van der Waals surface area contributed by atoms with Crippen LogP contribution in [0.2, 0.25) is 0 Å². The van der Waals surface area contributed by atoms with Crippen LogP contribution in [-0.2, 0) is 32.7 Å². The van der Waals surface area contributed by atoms with Crippen LogP contribution in [0.3, 0.4) is 0 Å². The van der Waals surface area contributed by atoms with Crippen LogP contribution in [0.25, 0.3) is 11.0 Å². The number of rotatable bonds is 7. The second kappa shape index (κ2) is 9.65. The predicted molar refractivity (Wildman–Crippen MR) is 122 cm³/mol. The van der Waals surface area contributed by atoms with Gasteiger partial charge in [-0.3, -0.25) is 28.3 Å². The molecule has 12 nitrogen and oxygen atoms in total. The fraction of sp³-hybridized carbons (Fsp3) is 0.545. The lowest BCUT2D eigenvalue weighted by Gasteiger charge is -2.36. The van der Waals surface area contributed by atoms with E-state index in [1.807, 2.05) is 9.80 Å². The molecule has 2 amide bonds. The molecule has 2 aromatic rings. The zero-order chi connectivity index (χ0) is 24.4. The number of carbonyl (C=O) groups excluding carboxylic acids is 3. The van der Waals surface area contributed by atoms with Crippen LogP contribution in [0.5, 0.6) is 0 Å². The van der Waals surface area contributed by atoms with Crippen LogP contribution in [0.4, 0.5) is 5.69 Å². The monoisotopic (exact) mass is 472 g/mol. The number of hydrogen-bond donors (Lipinski definition) is 1. The number of aromatic nitrogens is 3. The van der Waals surface area contributed by atoms with Gasteiger partial charge in [0.15, 0.2) is 5.65 Å². The summed E-state index contributed by atoms with van der Waals surface area (Å²) < 4.78 is 6.82. The Hall–Kier alpha value is -3.70. The van der Waals surface area contributed by atoms with Gasteiger partial charge in [-0.05, 0) is 25.8 Å². The third-order valence-electron chi connectivity index (χ3n) is 6.10. The van der Waals surface area contributed by atoms with Crippen molar-refractivity contribution in [1.29, 1.82) is 0 Å². The molecule has 12 heteroatoms. The van der Waals surface area contributed by atoms with Crippen molar-refractivity contribution in [2.24, 2.45) is 13.0 Å². The molecular formula is C22H28N6O6. The topological polar surface area (TPSA) is 136 Å². The highest BCUT2D eigenvalue weighted by atomic mass is 16.5. The first-order chi connectivity index (χ1) is 16.3. The van der Waals surface area contributed by atoms with Gasteiger partial charge in [-0.2, -0.15) is 0 Å². The molecule has 0 unspecified atom stereocenters. The van der Waals surface area contributed by atoms with E-state index in [1.165, 1.54) is 17.8 Å². The van der Waals surface area contributed by atoms with E-state index in [4.69, 9.17) is 4.74 Å². The Morgan fingerprint density at radius 3 is 2.50 bits per heavy atom. The molecule has 0 radical (unpaired) electrons. The Kier molecular flexibility index (Phi) is 6.66. The molecule has 2 fully saturated rings. The summed E-state index contributed by atoms with van der Waals surface area (Å²) in [5, 5.41) is 2.59. The predicted octanol–water partition coefficient (Wildman–Crippen LogP) is -1.17. The van der Waals surface area contributed by atoms with Crippen LogP contribution in [0, 0.1) is 5.92 Å². The number of hydrogen-bond acceptors (Lipinski definition) is 8. The van der Waals surface area contributed by atoms with Crippen molar-refractivity contribution in [3.8, 4) is 0 Å². The lowest BCUT2D eigenvalue weighted by Crippen LogP contribution is -2.50. The summed E-state index contributed by atoms with van der Waals surface area (Å²) in [6.45, 7) is 3.11. The van der Waals surface area contributed by atoms with Gasteiger partial charge in [0.1, 0.15) is 18.5 Å². The van der Waals surface area contributed by atoms with Crippen molar-refractivity contribution < 1.29 is 19.1 Å². The van der Waals surface area contributed by atoms with Crippen molar-refractivity contribution in [1.82, 2.24) is 24.3 Å². The molecule has 0 atom stereocenters. The average molecular weight is 473 g/mol. The van der Waals surface area contributed by atoms with Gasteiger partial charge in [0.25, 0.3) is 5.56 Å². The fourth-order valence-corrected chi connectivity index (χ4v) is 4.14. The Morgan fingerprint density at radius 1 is 1.15 bits per heavy atom. The standard InChI is InChI=1S/C22H28N6O6/c1-3-34-17(30)12-24-16(29)13-28-21(32)18-15(6-7-23-19(18)25(2)22(28)33)26-8-10-27(11-9-26)20(31)14-4-5-14/h6-7,14H,3-5,8-13H2,1-2H3,(H,24,29). The molecule has 34 heavy (non-hydrogen) atoms. The molecule has 1 saturated carbocycles. The largest absolute Gasteiger partial charge is 0.465 e. The molecule has 1 N–H and O–H groups in total. The summed E-state index contributed by atoms with van der Waals surface area (Å²) in [4.78, 5) is 70.4. The third-order valence-corrected chi connectivity index (χ3v) is 6.10. The van der Waals surface area contributed by atoms with Crippen LogP contribution in [0.15, 0.2) is 21.9 Å². The molecule has 2 aromatic heterocycles. The van der Waals surface area contributed by atoms with E-state index in [9.17, 15) is 24.0 Å². The molecule has 1 aliphatic heterocycles. The van der Waals surface area contributed by atoms with Gasteiger partial charge < -0.3 is 19.9 Å². The lowest BCUT2D eigenvalue weighted by molar-refractivity contribution is -0.143. The summed E-state index contributed by atoms with van der Waals surface area (Å²) in [6, 6.07) is 1.71. The minimum atomic E-state index is -0.687. The van der Waals surface area contributed by atoms with Gasteiger partial charge in [-0.1, -0.05) is 0 Å². The number of aryl methyl sites for hydroxylation is 1. The number of esters is 1. The zero-order valence-corrected chi connectivity index (χ0v) is 19.3. The highest BCUT2D eigenvalue weighted by Gasteiger charge is 2.35. The smallest absolute Gasteiger partial charge is 0.332 e. The van der Waals surface area contributed by atoms with Crippen molar-refractivity contribution in [2.45, 2.75) is 26.3 Å². The minimum Gasteiger partial charge on any atom is -0.465 e. The quantitative estimate of drug-likeness (QED) is 0.498. The van der Waals surface area contributed by atoms with E-state index in [1.54, 1.807) is 13.0 Å². The Bertz CT molecular complexity index is 1240. The maximum absolute atomic E-state index is 13.4. The van der Waals surface area contributed by atoms with Gasteiger partial charge in [-0.15, -0.1) is 0 Å². The van der Waals surface area contributed by atoms with E-state index >= 15 is 0 Å². The number of nitrogens with zero attached hydrogens (tertiary/aromatic N) is 5. The average Bonchev–Trinajstić information content (AvgIpc) is 3.69. The first kappa shape index (κ1) is 23.5. The number of ether oxygens (including phenoxy) is 1. The van der Waals surface area contributed by atoms with Crippen LogP contribution in [0.1, 0.15) is 19.8 Å². The van der Waals surface area contributed by atoms with Crippen molar-refractivity contribution >= 4 is 34.5 Å². The van der Waals surface area contributed by atoms with Crippen LogP contribution < -0.4 is 21.5 Å². The molecular weight excluding hydrogens is 444 g/mol. The number of anilines is 1. The van der Waals surface area contributed by atoms with Crippen molar-refractivity contribution in [2.75, 3.05) is 44.2 Å². The summed E-state index contributed by atoms with van der Waals surface area (Å²) in [5.41, 5.74) is -0.505. The Balaban J connectivity index is 1.60. The number of nitrogens with one attached hydrogen (secondary N) is 1. The summed E-state index contributed by atoms with van der Waals surface area (Å²) in [7, 11) is 1.49. The minimum absolute atomic E-state index is 0.157. The maximum atomic E-state index is 13.4. The normalized spacial score (nSPS) is 15.9. The van der Waals surface area contributed by atoms with Gasteiger partial charge in [0.2, 0.25) is 11.8 Å². The number of amides is 2. The van der Waals surface area contributed by atoms with E-state index in [-0.39, 0.29) is 36.0 Å². The molecule has 3 heterocycles. The first-order valence-corrected chi connectivity index (χ1v) is 11.4. The van der Waals surface area contributed by atoms with Gasteiger partial charge in [0.05, 0.1) is 12.3 Å². The fourth-order valence-electron chi connectivity index (χ4n) is 4.14. The zero-order valence-electron chi connectivity index (χ0n) is 19.3. The molecule has 2 aliphatic rings. The number of piperazine rings is 1. The van der Waals surface area contributed by atoms with E-state index in [0.717, 1.165) is 17.4 Å². The molecule has 182 valence electrons. The Morgan fingerprint density at radius 2 is 1.85 bits per heavy atom. The maximum Gasteiger partial charge on any atom is 0.332 e. The molecule has 0 spiro atoms. The summed E-state index contributed by atoms with van der Waals surface area (Å²) >= 11 is 0. The van der Waals surface area contributed by atoms with Crippen LogP contribution >= 0.6 is 0 Å². The molecule has 4 rings (SSSR count).